The second-order valence-corrected chi connectivity index (χ2v) is 4.54. The Morgan fingerprint density at radius 2 is 1.61 bits per heavy atom. The highest BCUT2D eigenvalue weighted by molar-refractivity contribution is 5.81. The fourth-order valence-electron chi connectivity index (χ4n) is 2.30. The maximum atomic E-state index is 3.94. The van der Waals surface area contributed by atoms with Gasteiger partial charge < -0.3 is 0 Å². The van der Waals surface area contributed by atoms with E-state index in [1.165, 1.54) is 27.8 Å². The summed E-state index contributed by atoms with van der Waals surface area (Å²) in [6, 6.07) is 12.8. The SMILES string of the molecule is C=Cc1c(C)ccc(-c2cccc(C)c2)c1C=C. The van der Waals surface area contributed by atoms with Crippen LogP contribution < -0.4 is 0 Å². The molecule has 2 rings (SSSR count). The highest BCUT2D eigenvalue weighted by Crippen LogP contribution is 2.30. The molecule has 0 fully saturated rings. The molecule has 0 spiro atoms. The first-order chi connectivity index (χ1) is 8.67. The Bertz CT molecular complexity index is 603. The van der Waals surface area contributed by atoms with Crippen LogP contribution in [0.25, 0.3) is 23.3 Å². The molecule has 90 valence electrons. The second-order valence-electron chi connectivity index (χ2n) is 4.54. The van der Waals surface area contributed by atoms with Gasteiger partial charge in [-0.15, -0.1) is 0 Å². The Labute approximate surface area is 109 Å². The molecular weight excluding hydrogens is 216 g/mol. The van der Waals surface area contributed by atoms with Crippen molar-refractivity contribution in [2.24, 2.45) is 0 Å². The van der Waals surface area contributed by atoms with Crippen molar-refractivity contribution in [3.8, 4) is 11.1 Å². The molecule has 0 unspecified atom stereocenters. The fraction of sp³-hybridized carbons (Fsp3) is 0.111. The fourth-order valence-corrected chi connectivity index (χ4v) is 2.30. The molecule has 0 saturated carbocycles. The van der Waals surface area contributed by atoms with E-state index in [2.05, 4.69) is 63.4 Å². The molecule has 0 nitrogen and oxygen atoms in total. The molecule has 0 radical (unpaired) electrons. The van der Waals surface area contributed by atoms with Crippen molar-refractivity contribution in [3.63, 3.8) is 0 Å². The minimum Gasteiger partial charge on any atom is -0.0984 e. The van der Waals surface area contributed by atoms with Crippen LogP contribution in [0.5, 0.6) is 0 Å². The normalized spacial score (nSPS) is 10.1. The minimum atomic E-state index is 1.16. The lowest BCUT2D eigenvalue weighted by Gasteiger charge is -2.13. The summed E-state index contributed by atoms with van der Waals surface area (Å²) in [7, 11) is 0. The molecule has 0 saturated heterocycles. The van der Waals surface area contributed by atoms with Gasteiger partial charge in [0.1, 0.15) is 0 Å². The van der Waals surface area contributed by atoms with Gasteiger partial charge in [0.2, 0.25) is 0 Å². The van der Waals surface area contributed by atoms with Gasteiger partial charge in [0.15, 0.2) is 0 Å². The van der Waals surface area contributed by atoms with Crippen LogP contribution in [0, 0.1) is 13.8 Å². The predicted octanol–water partition coefficient (Wildman–Crippen LogP) is 5.26. The summed E-state index contributed by atoms with van der Waals surface area (Å²) in [5, 5.41) is 0. The predicted molar refractivity (Wildman–Crippen MR) is 81.5 cm³/mol. The lowest BCUT2D eigenvalue weighted by Crippen LogP contribution is -1.91. The number of benzene rings is 2. The van der Waals surface area contributed by atoms with Crippen LogP contribution in [0.3, 0.4) is 0 Å². The van der Waals surface area contributed by atoms with Crippen molar-refractivity contribution < 1.29 is 0 Å². The van der Waals surface area contributed by atoms with Gasteiger partial charge in [0, 0.05) is 0 Å². The maximum Gasteiger partial charge on any atom is -0.0105 e. The van der Waals surface area contributed by atoms with Crippen LogP contribution in [0.4, 0.5) is 0 Å². The third-order valence-electron chi connectivity index (χ3n) is 3.24. The topological polar surface area (TPSA) is 0 Å². The quantitative estimate of drug-likeness (QED) is 0.679. The summed E-state index contributed by atoms with van der Waals surface area (Å²) < 4.78 is 0. The molecule has 0 atom stereocenters. The van der Waals surface area contributed by atoms with Crippen LogP contribution in [-0.2, 0) is 0 Å². The standard InChI is InChI=1S/C18H18/c1-5-16-14(4)10-11-18(17(16)6-2)15-9-7-8-13(3)12-15/h5-12H,1-2H2,3-4H3. The molecule has 0 amide bonds. The lowest BCUT2D eigenvalue weighted by molar-refractivity contribution is 1.41. The van der Waals surface area contributed by atoms with E-state index in [-0.39, 0.29) is 0 Å². The average molecular weight is 234 g/mol. The van der Waals surface area contributed by atoms with E-state index in [1.807, 2.05) is 12.2 Å². The van der Waals surface area contributed by atoms with Crippen LogP contribution in [-0.4, -0.2) is 0 Å². The maximum absolute atomic E-state index is 3.94. The van der Waals surface area contributed by atoms with E-state index >= 15 is 0 Å². The third-order valence-corrected chi connectivity index (χ3v) is 3.24. The zero-order chi connectivity index (χ0) is 13.1. The summed E-state index contributed by atoms with van der Waals surface area (Å²) in [5.41, 5.74) is 7.28. The second kappa shape index (κ2) is 5.05. The van der Waals surface area contributed by atoms with Crippen molar-refractivity contribution in [3.05, 3.63) is 71.8 Å². The third kappa shape index (κ3) is 2.14. The molecule has 0 aliphatic heterocycles. The van der Waals surface area contributed by atoms with Gasteiger partial charge in [0.05, 0.1) is 0 Å². The van der Waals surface area contributed by atoms with Gasteiger partial charge in [-0.2, -0.15) is 0 Å². The van der Waals surface area contributed by atoms with Gasteiger partial charge in [-0.1, -0.05) is 67.3 Å². The van der Waals surface area contributed by atoms with E-state index in [0.717, 1.165) is 5.56 Å². The molecule has 0 heterocycles. The number of hydrogen-bond acceptors (Lipinski definition) is 0. The van der Waals surface area contributed by atoms with Gasteiger partial charge in [0.25, 0.3) is 0 Å². The van der Waals surface area contributed by atoms with Gasteiger partial charge >= 0.3 is 0 Å². The van der Waals surface area contributed by atoms with E-state index in [9.17, 15) is 0 Å². The Balaban J connectivity index is 2.72. The van der Waals surface area contributed by atoms with Crippen molar-refractivity contribution >= 4 is 12.2 Å². The first-order valence-corrected chi connectivity index (χ1v) is 6.13. The first kappa shape index (κ1) is 12.4. The van der Waals surface area contributed by atoms with E-state index in [4.69, 9.17) is 0 Å². The average Bonchev–Trinajstić information content (AvgIpc) is 2.38. The molecule has 18 heavy (non-hydrogen) atoms. The monoisotopic (exact) mass is 234 g/mol. The van der Waals surface area contributed by atoms with Crippen molar-refractivity contribution in [2.45, 2.75) is 13.8 Å². The van der Waals surface area contributed by atoms with Gasteiger partial charge in [-0.05, 0) is 41.7 Å². The molecule has 0 aromatic heterocycles. The van der Waals surface area contributed by atoms with E-state index < -0.39 is 0 Å². The van der Waals surface area contributed by atoms with Crippen LogP contribution in [0.2, 0.25) is 0 Å². The molecule has 0 heteroatoms. The minimum absolute atomic E-state index is 1.16. The van der Waals surface area contributed by atoms with Crippen LogP contribution in [0.1, 0.15) is 22.3 Å². The van der Waals surface area contributed by atoms with Crippen LogP contribution in [0.15, 0.2) is 49.6 Å². The van der Waals surface area contributed by atoms with Crippen LogP contribution >= 0.6 is 0 Å². The van der Waals surface area contributed by atoms with Crippen molar-refractivity contribution in [1.29, 1.82) is 0 Å². The molecule has 0 N–H and O–H groups in total. The summed E-state index contributed by atoms with van der Waals surface area (Å²) in [4.78, 5) is 0. The van der Waals surface area contributed by atoms with Gasteiger partial charge in [-0.25, -0.2) is 0 Å². The Morgan fingerprint density at radius 1 is 0.889 bits per heavy atom. The first-order valence-electron chi connectivity index (χ1n) is 6.13. The van der Waals surface area contributed by atoms with E-state index in [1.54, 1.807) is 0 Å². The Kier molecular flexibility index (Phi) is 3.47. The molecule has 2 aromatic carbocycles. The smallest absolute Gasteiger partial charge is 0.0105 e. The Hall–Kier alpha value is -2.08. The number of rotatable bonds is 3. The molecule has 2 aromatic rings. The van der Waals surface area contributed by atoms with E-state index in [0.29, 0.717) is 0 Å². The molecule has 0 aliphatic carbocycles. The number of aryl methyl sites for hydroxylation is 2. The highest BCUT2D eigenvalue weighted by atomic mass is 14.1. The zero-order valence-electron chi connectivity index (χ0n) is 11.0. The largest absolute Gasteiger partial charge is 0.0984 e. The van der Waals surface area contributed by atoms with Crippen molar-refractivity contribution in [1.82, 2.24) is 0 Å². The Morgan fingerprint density at radius 3 is 2.22 bits per heavy atom. The number of hydrogen-bond donors (Lipinski definition) is 0. The summed E-state index contributed by atoms with van der Waals surface area (Å²) >= 11 is 0. The van der Waals surface area contributed by atoms with Gasteiger partial charge in [-0.3, -0.25) is 0 Å². The highest BCUT2D eigenvalue weighted by Gasteiger charge is 2.08. The van der Waals surface area contributed by atoms with Crippen molar-refractivity contribution in [2.75, 3.05) is 0 Å². The molecular formula is C18H18. The summed E-state index contributed by atoms with van der Waals surface area (Å²) in [5.74, 6) is 0. The summed E-state index contributed by atoms with van der Waals surface area (Å²) in [6.45, 7) is 12.1. The summed E-state index contributed by atoms with van der Waals surface area (Å²) in [6.07, 6.45) is 3.83. The zero-order valence-corrected chi connectivity index (χ0v) is 11.0. The molecule has 0 aliphatic rings. The lowest BCUT2D eigenvalue weighted by atomic mass is 9.92. The molecule has 0 bridgehead atoms.